The molecule has 1 unspecified atom stereocenters. The smallest absolute Gasteiger partial charge is 0.250 e. The number of aryl methyl sites for hydroxylation is 1. The maximum atomic E-state index is 12.5. The zero-order chi connectivity index (χ0) is 20.1. The largest absolute Gasteiger partial charge is 0.353 e. The van der Waals surface area contributed by atoms with Gasteiger partial charge in [0.1, 0.15) is 0 Å². The lowest BCUT2D eigenvalue weighted by Crippen LogP contribution is -2.55. The van der Waals surface area contributed by atoms with E-state index in [0.29, 0.717) is 12.8 Å². The number of amides is 1. The van der Waals surface area contributed by atoms with Crippen LogP contribution in [0.2, 0.25) is 0 Å². The molecular weight excluding hydrogens is 352 g/mol. The molecule has 146 valence electrons. The van der Waals surface area contributed by atoms with Crippen LogP contribution >= 0.6 is 0 Å². The Hall–Kier alpha value is -2.91. The Kier molecular flexibility index (Phi) is 5.96. The number of hydrogen-bond acceptors (Lipinski definition) is 4. The van der Waals surface area contributed by atoms with E-state index in [1.54, 1.807) is 19.3 Å². The quantitative estimate of drug-likeness (QED) is 0.834. The summed E-state index contributed by atoms with van der Waals surface area (Å²) < 4.78 is 1.53. The Labute approximate surface area is 165 Å². The lowest BCUT2D eigenvalue weighted by Gasteiger charge is -2.32. The van der Waals surface area contributed by atoms with E-state index < -0.39 is 11.5 Å². The highest BCUT2D eigenvalue weighted by Crippen LogP contribution is 2.26. The molecule has 2 aromatic rings. The molecule has 0 aliphatic heterocycles. The van der Waals surface area contributed by atoms with Crippen molar-refractivity contribution in [1.29, 1.82) is 5.26 Å². The Morgan fingerprint density at radius 1 is 1.18 bits per heavy atom. The van der Waals surface area contributed by atoms with Crippen molar-refractivity contribution in [3.63, 3.8) is 0 Å². The first-order chi connectivity index (χ1) is 13.4. The van der Waals surface area contributed by atoms with E-state index in [4.69, 9.17) is 5.73 Å². The van der Waals surface area contributed by atoms with Gasteiger partial charge in [-0.05, 0) is 35.6 Å². The standard InChI is InChI=1S/C22H26N4O2/c1-26-15-18(9-10-20(26)27)16-5-7-17(8-6-16)19(13-23)14-25-21(28)22(24)11-3-2-4-12-22/h5-10,15,19H,2-4,11-12,14,24H2,1H3,(H,25,28). The van der Waals surface area contributed by atoms with Crippen molar-refractivity contribution in [3.05, 3.63) is 58.5 Å². The SMILES string of the molecule is Cn1cc(-c2ccc(C(C#N)CNC(=O)C3(N)CCCCC3)cc2)ccc1=O. The summed E-state index contributed by atoms with van der Waals surface area (Å²) in [5, 5.41) is 12.4. The van der Waals surface area contributed by atoms with Crippen molar-refractivity contribution < 1.29 is 4.79 Å². The number of nitrogens with two attached hydrogens (primary N) is 1. The number of nitriles is 1. The predicted octanol–water partition coefficient (Wildman–Crippen LogP) is 2.44. The minimum absolute atomic E-state index is 0.0590. The summed E-state index contributed by atoms with van der Waals surface area (Å²) in [6.07, 6.45) is 6.24. The molecule has 0 radical (unpaired) electrons. The second-order valence-corrected chi connectivity index (χ2v) is 7.60. The molecule has 1 amide bonds. The van der Waals surface area contributed by atoms with Crippen molar-refractivity contribution in [2.24, 2.45) is 12.8 Å². The molecule has 1 aliphatic carbocycles. The fourth-order valence-electron chi connectivity index (χ4n) is 3.69. The number of nitrogens with zero attached hydrogens (tertiary/aromatic N) is 2. The Morgan fingerprint density at radius 3 is 2.43 bits per heavy atom. The number of nitrogens with one attached hydrogen (secondary N) is 1. The number of pyridine rings is 1. The van der Waals surface area contributed by atoms with Crippen molar-refractivity contribution in [2.75, 3.05) is 6.54 Å². The summed E-state index contributed by atoms with van der Waals surface area (Å²) in [4.78, 5) is 24.0. The zero-order valence-electron chi connectivity index (χ0n) is 16.1. The van der Waals surface area contributed by atoms with Gasteiger partial charge in [0.25, 0.3) is 0 Å². The van der Waals surface area contributed by atoms with E-state index in [-0.39, 0.29) is 18.0 Å². The molecule has 6 nitrogen and oxygen atoms in total. The summed E-state index contributed by atoms with van der Waals surface area (Å²) in [7, 11) is 1.71. The monoisotopic (exact) mass is 378 g/mol. The zero-order valence-corrected chi connectivity index (χ0v) is 16.1. The molecule has 1 aromatic carbocycles. The third kappa shape index (κ3) is 4.32. The van der Waals surface area contributed by atoms with Gasteiger partial charge in [0.15, 0.2) is 0 Å². The van der Waals surface area contributed by atoms with Crippen LogP contribution in [0.4, 0.5) is 0 Å². The molecule has 0 saturated heterocycles. The van der Waals surface area contributed by atoms with E-state index in [1.807, 2.05) is 24.3 Å². The Morgan fingerprint density at radius 2 is 1.82 bits per heavy atom. The van der Waals surface area contributed by atoms with E-state index in [0.717, 1.165) is 36.0 Å². The molecule has 0 bridgehead atoms. The van der Waals surface area contributed by atoms with Gasteiger partial charge in [0, 0.05) is 25.9 Å². The molecule has 1 atom stereocenters. The van der Waals surface area contributed by atoms with Gasteiger partial charge in [0.2, 0.25) is 11.5 Å². The molecule has 0 spiro atoms. The highest BCUT2D eigenvalue weighted by atomic mass is 16.2. The molecule has 1 aromatic heterocycles. The van der Waals surface area contributed by atoms with E-state index in [1.165, 1.54) is 10.6 Å². The predicted molar refractivity (Wildman–Crippen MR) is 108 cm³/mol. The van der Waals surface area contributed by atoms with Crippen molar-refractivity contribution in [1.82, 2.24) is 9.88 Å². The number of aromatic nitrogens is 1. The number of hydrogen-bond donors (Lipinski definition) is 2. The first-order valence-corrected chi connectivity index (χ1v) is 9.67. The molecule has 3 rings (SSSR count). The maximum absolute atomic E-state index is 12.5. The lowest BCUT2D eigenvalue weighted by molar-refractivity contribution is -0.127. The maximum Gasteiger partial charge on any atom is 0.250 e. The molecule has 1 heterocycles. The molecule has 28 heavy (non-hydrogen) atoms. The minimum atomic E-state index is -0.800. The highest BCUT2D eigenvalue weighted by molar-refractivity contribution is 5.86. The molecule has 1 fully saturated rings. The van der Waals surface area contributed by atoms with Gasteiger partial charge in [-0.1, -0.05) is 43.5 Å². The first-order valence-electron chi connectivity index (χ1n) is 9.67. The fourth-order valence-corrected chi connectivity index (χ4v) is 3.69. The molecule has 1 saturated carbocycles. The molecule has 3 N–H and O–H groups in total. The minimum Gasteiger partial charge on any atom is -0.353 e. The van der Waals surface area contributed by atoms with E-state index in [2.05, 4.69) is 11.4 Å². The summed E-state index contributed by atoms with van der Waals surface area (Å²) in [5.74, 6) is -0.598. The summed E-state index contributed by atoms with van der Waals surface area (Å²) in [6.45, 7) is 0.244. The van der Waals surface area contributed by atoms with Crippen LogP contribution in [0.1, 0.15) is 43.6 Å². The first kappa shape index (κ1) is 19.8. The van der Waals surface area contributed by atoms with Crippen LogP contribution < -0.4 is 16.6 Å². The van der Waals surface area contributed by atoms with E-state index in [9.17, 15) is 14.9 Å². The molecule has 1 aliphatic rings. The van der Waals surface area contributed by atoms with Gasteiger partial charge in [-0.2, -0.15) is 5.26 Å². The van der Waals surface area contributed by atoms with Crippen LogP contribution in [-0.2, 0) is 11.8 Å². The average Bonchev–Trinajstić information content (AvgIpc) is 2.71. The highest BCUT2D eigenvalue weighted by Gasteiger charge is 2.35. The van der Waals surface area contributed by atoms with Crippen molar-refractivity contribution >= 4 is 5.91 Å². The van der Waals surface area contributed by atoms with Crippen molar-refractivity contribution in [3.8, 4) is 17.2 Å². The van der Waals surface area contributed by atoms with Gasteiger partial charge in [-0.3, -0.25) is 9.59 Å². The number of carbonyl (C=O) groups is 1. The van der Waals surface area contributed by atoms with Crippen LogP contribution in [0, 0.1) is 11.3 Å². The Bertz CT molecular complexity index is 934. The van der Waals surface area contributed by atoms with Crippen LogP contribution in [0.25, 0.3) is 11.1 Å². The molecular formula is C22H26N4O2. The summed E-state index contributed by atoms with van der Waals surface area (Å²) >= 11 is 0. The average molecular weight is 378 g/mol. The number of carbonyl (C=O) groups excluding carboxylic acids is 1. The summed E-state index contributed by atoms with van der Waals surface area (Å²) in [5.41, 5.74) is 8.13. The number of rotatable bonds is 5. The third-order valence-corrected chi connectivity index (χ3v) is 5.55. The second-order valence-electron chi connectivity index (χ2n) is 7.60. The topological polar surface area (TPSA) is 101 Å². The van der Waals surface area contributed by atoms with Crippen LogP contribution in [0.3, 0.4) is 0 Å². The second kappa shape index (κ2) is 8.41. The number of benzene rings is 1. The van der Waals surface area contributed by atoms with Gasteiger partial charge < -0.3 is 15.6 Å². The van der Waals surface area contributed by atoms with Gasteiger partial charge in [0.05, 0.1) is 17.5 Å². The van der Waals surface area contributed by atoms with Gasteiger partial charge in [-0.25, -0.2) is 0 Å². The molecule has 6 heteroatoms. The fraction of sp³-hybridized carbons (Fsp3) is 0.409. The van der Waals surface area contributed by atoms with E-state index >= 15 is 0 Å². The van der Waals surface area contributed by atoms with Gasteiger partial charge >= 0.3 is 0 Å². The van der Waals surface area contributed by atoms with Crippen molar-refractivity contribution in [2.45, 2.75) is 43.6 Å². The Balaban J connectivity index is 1.67. The van der Waals surface area contributed by atoms with Crippen LogP contribution in [-0.4, -0.2) is 22.6 Å². The summed E-state index contributed by atoms with van der Waals surface area (Å²) in [6, 6.07) is 13.2. The van der Waals surface area contributed by atoms with Crippen LogP contribution in [0.15, 0.2) is 47.4 Å². The third-order valence-electron chi connectivity index (χ3n) is 5.55. The van der Waals surface area contributed by atoms with Gasteiger partial charge in [-0.15, -0.1) is 0 Å². The normalized spacial score (nSPS) is 16.8. The lowest BCUT2D eigenvalue weighted by atomic mass is 9.82. The van der Waals surface area contributed by atoms with Crippen LogP contribution in [0.5, 0.6) is 0 Å².